The fourth-order valence-electron chi connectivity index (χ4n) is 1.75. The van der Waals surface area contributed by atoms with E-state index in [2.05, 4.69) is 5.32 Å². The highest BCUT2D eigenvalue weighted by Crippen LogP contribution is 2.20. The second-order valence-electron chi connectivity index (χ2n) is 4.40. The Labute approximate surface area is 116 Å². The normalized spacial score (nSPS) is 10.3. The molecule has 0 heterocycles. The number of carbonyl (C=O) groups is 1. The Balaban J connectivity index is 2.25. The topological polar surface area (TPSA) is 29.1 Å². The van der Waals surface area contributed by atoms with Crippen molar-refractivity contribution < 1.29 is 9.18 Å². The zero-order valence-corrected chi connectivity index (χ0v) is 11.4. The monoisotopic (exact) mass is 277 g/mol. The molecule has 2 rings (SSSR count). The SMILES string of the molecule is Cc1ccc(C)c(C(=O)Nc2ccc(F)c(Cl)c2)c1. The summed E-state index contributed by atoms with van der Waals surface area (Å²) in [5.41, 5.74) is 2.96. The molecule has 4 heteroatoms. The van der Waals surface area contributed by atoms with Gasteiger partial charge < -0.3 is 5.32 Å². The van der Waals surface area contributed by atoms with Crippen LogP contribution in [0.5, 0.6) is 0 Å². The van der Waals surface area contributed by atoms with Gasteiger partial charge in [-0.2, -0.15) is 0 Å². The maximum absolute atomic E-state index is 13.0. The summed E-state index contributed by atoms with van der Waals surface area (Å²) in [6.45, 7) is 3.79. The third kappa shape index (κ3) is 3.12. The Hall–Kier alpha value is -1.87. The third-order valence-corrected chi connectivity index (χ3v) is 3.10. The molecule has 0 atom stereocenters. The predicted octanol–water partition coefficient (Wildman–Crippen LogP) is 4.35. The van der Waals surface area contributed by atoms with Crippen LogP contribution in [0.2, 0.25) is 5.02 Å². The van der Waals surface area contributed by atoms with Gasteiger partial charge in [0.15, 0.2) is 0 Å². The van der Waals surface area contributed by atoms with Crippen LogP contribution in [0.4, 0.5) is 10.1 Å². The summed E-state index contributed by atoms with van der Waals surface area (Å²) in [6, 6.07) is 9.74. The van der Waals surface area contributed by atoms with Crippen LogP contribution in [-0.2, 0) is 0 Å². The molecule has 0 spiro atoms. The van der Waals surface area contributed by atoms with E-state index in [0.29, 0.717) is 11.3 Å². The van der Waals surface area contributed by atoms with Gasteiger partial charge >= 0.3 is 0 Å². The van der Waals surface area contributed by atoms with Crippen LogP contribution in [0.15, 0.2) is 36.4 Å². The van der Waals surface area contributed by atoms with Crippen LogP contribution in [0.1, 0.15) is 21.5 Å². The Morgan fingerprint density at radius 3 is 2.58 bits per heavy atom. The molecule has 98 valence electrons. The Morgan fingerprint density at radius 2 is 1.89 bits per heavy atom. The van der Waals surface area contributed by atoms with Gasteiger partial charge in [0.1, 0.15) is 5.82 Å². The van der Waals surface area contributed by atoms with Crippen molar-refractivity contribution in [3.05, 3.63) is 63.9 Å². The number of nitrogens with one attached hydrogen (secondary N) is 1. The molecular weight excluding hydrogens is 265 g/mol. The summed E-state index contributed by atoms with van der Waals surface area (Å²) in [7, 11) is 0. The highest BCUT2D eigenvalue weighted by atomic mass is 35.5. The van der Waals surface area contributed by atoms with Gasteiger partial charge in [0.05, 0.1) is 5.02 Å². The molecule has 1 amide bonds. The van der Waals surface area contributed by atoms with Crippen molar-refractivity contribution >= 4 is 23.2 Å². The van der Waals surface area contributed by atoms with Gasteiger partial charge in [-0.05, 0) is 43.7 Å². The van der Waals surface area contributed by atoms with Crippen LogP contribution in [-0.4, -0.2) is 5.91 Å². The van der Waals surface area contributed by atoms with Gasteiger partial charge in [-0.1, -0.05) is 29.3 Å². The van der Waals surface area contributed by atoms with E-state index < -0.39 is 5.82 Å². The molecule has 1 N–H and O–H groups in total. The van der Waals surface area contributed by atoms with Gasteiger partial charge in [-0.3, -0.25) is 4.79 Å². The first-order chi connectivity index (χ1) is 8.97. The zero-order valence-electron chi connectivity index (χ0n) is 10.6. The summed E-state index contributed by atoms with van der Waals surface area (Å²) in [5.74, 6) is -0.740. The maximum atomic E-state index is 13.0. The molecule has 0 saturated heterocycles. The molecule has 19 heavy (non-hydrogen) atoms. The molecule has 0 aliphatic carbocycles. The van der Waals surface area contributed by atoms with E-state index in [1.807, 2.05) is 32.0 Å². The Kier molecular flexibility index (Phi) is 3.86. The number of carbonyl (C=O) groups excluding carboxylic acids is 1. The van der Waals surface area contributed by atoms with E-state index in [4.69, 9.17) is 11.6 Å². The summed E-state index contributed by atoms with van der Waals surface area (Å²) in [4.78, 5) is 12.1. The molecule has 0 aliphatic heterocycles. The van der Waals surface area contributed by atoms with E-state index >= 15 is 0 Å². The molecule has 2 aromatic carbocycles. The lowest BCUT2D eigenvalue weighted by molar-refractivity contribution is 0.102. The molecule has 0 saturated carbocycles. The second-order valence-corrected chi connectivity index (χ2v) is 4.81. The molecule has 2 aromatic rings. The van der Waals surface area contributed by atoms with Gasteiger partial charge in [0.2, 0.25) is 0 Å². The first kappa shape index (κ1) is 13.6. The minimum atomic E-state index is -0.508. The lowest BCUT2D eigenvalue weighted by atomic mass is 10.1. The summed E-state index contributed by atoms with van der Waals surface area (Å²) in [6.07, 6.45) is 0. The Bertz CT molecular complexity index is 640. The summed E-state index contributed by atoms with van der Waals surface area (Å²) in [5, 5.41) is 2.69. The van der Waals surface area contributed by atoms with Crippen molar-refractivity contribution in [3.63, 3.8) is 0 Å². The van der Waals surface area contributed by atoms with Gasteiger partial charge in [0, 0.05) is 11.3 Å². The number of amides is 1. The van der Waals surface area contributed by atoms with Crippen molar-refractivity contribution in [2.75, 3.05) is 5.32 Å². The van der Waals surface area contributed by atoms with E-state index in [-0.39, 0.29) is 10.9 Å². The van der Waals surface area contributed by atoms with Crippen LogP contribution in [0.25, 0.3) is 0 Å². The molecular formula is C15H13ClFNO. The first-order valence-corrected chi connectivity index (χ1v) is 6.19. The number of hydrogen-bond donors (Lipinski definition) is 1. The number of halogens is 2. The maximum Gasteiger partial charge on any atom is 0.255 e. The zero-order chi connectivity index (χ0) is 14.0. The highest BCUT2D eigenvalue weighted by Gasteiger charge is 2.10. The third-order valence-electron chi connectivity index (χ3n) is 2.82. The van der Waals surface area contributed by atoms with E-state index in [0.717, 1.165) is 11.1 Å². The van der Waals surface area contributed by atoms with Gasteiger partial charge in [0.25, 0.3) is 5.91 Å². The number of aryl methyl sites for hydroxylation is 2. The summed E-state index contributed by atoms with van der Waals surface area (Å²) < 4.78 is 13.0. The van der Waals surface area contributed by atoms with Gasteiger partial charge in [-0.25, -0.2) is 4.39 Å². The fourth-order valence-corrected chi connectivity index (χ4v) is 1.93. The van der Waals surface area contributed by atoms with E-state index in [9.17, 15) is 9.18 Å². The van der Waals surface area contributed by atoms with Crippen molar-refractivity contribution in [3.8, 4) is 0 Å². The van der Waals surface area contributed by atoms with Crippen LogP contribution < -0.4 is 5.32 Å². The number of anilines is 1. The molecule has 0 aliphatic rings. The summed E-state index contributed by atoms with van der Waals surface area (Å²) >= 11 is 5.67. The molecule has 0 unspecified atom stereocenters. The van der Waals surface area contributed by atoms with Crippen LogP contribution in [0.3, 0.4) is 0 Å². The molecule has 0 aromatic heterocycles. The molecule has 0 fully saturated rings. The largest absolute Gasteiger partial charge is 0.322 e. The number of hydrogen-bond acceptors (Lipinski definition) is 1. The Morgan fingerprint density at radius 1 is 1.16 bits per heavy atom. The van der Waals surface area contributed by atoms with Crippen molar-refractivity contribution in [1.82, 2.24) is 0 Å². The minimum Gasteiger partial charge on any atom is -0.322 e. The van der Waals surface area contributed by atoms with E-state index in [1.54, 1.807) is 0 Å². The van der Waals surface area contributed by atoms with Crippen molar-refractivity contribution in [2.24, 2.45) is 0 Å². The molecule has 2 nitrogen and oxygen atoms in total. The second kappa shape index (κ2) is 5.41. The standard InChI is InChI=1S/C15H13ClFNO/c1-9-3-4-10(2)12(7-9)15(19)18-11-5-6-14(17)13(16)8-11/h3-8H,1-2H3,(H,18,19). The fraction of sp³-hybridized carbons (Fsp3) is 0.133. The van der Waals surface area contributed by atoms with Crippen molar-refractivity contribution in [1.29, 1.82) is 0 Å². The average Bonchev–Trinajstić information content (AvgIpc) is 2.36. The number of benzene rings is 2. The average molecular weight is 278 g/mol. The van der Waals surface area contributed by atoms with Crippen LogP contribution in [0, 0.1) is 19.7 Å². The van der Waals surface area contributed by atoms with Gasteiger partial charge in [-0.15, -0.1) is 0 Å². The number of rotatable bonds is 2. The lowest BCUT2D eigenvalue weighted by Crippen LogP contribution is -2.13. The first-order valence-electron chi connectivity index (χ1n) is 5.81. The predicted molar refractivity (Wildman–Crippen MR) is 75.3 cm³/mol. The van der Waals surface area contributed by atoms with Crippen molar-refractivity contribution in [2.45, 2.75) is 13.8 Å². The molecule has 0 radical (unpaired) electrons. The van der Waals surface area contributed by atoms with E-state index in [1.165, 1.54) is 18.2 Å². The lowest BCUT2D eigenvalue weighted by Gasteiger charge is -2.09. The minimum absolute atomic E-state index is 0.0150. The quantitative estimate of drug-likeness (QED) is 0.869. The molecule has 0 bridgehead atoms. The smallest absolute Gasteiger partial charge is 0.255 e. The van der Waals surface area contributed by atoms with Crippen LogP contribution >= 0.6 is 11.6 Å². The highest BCUT2D eigenvalue weighted by molar-refractivity contribution is 6.31.